The maximum atomic E-state index is 9.13. The van der Waals surface area contributed by atoms with E-state index >= 15 is 0 Å². The van der Waals surface area contributed by atoms with Crippen LogP contribution in [0.1, 0.15) is 30.0 Å². The van der Waals surface area contributed by atoms with Crippen LogP contribution in [0.25, 0.3) is 0 Å². The molecule has 1 aromatic carbocycles. The minimum atomic E-state index is 0.148. The molecule has 154 valence electrons. The highest BCUT2D eigenvalue weighted by atomic mass is 35.5. The van der Waals surface area contributed by atoms with E-state index in [-0.39, 0.29) is 11.8 Å². The average molecular weight is 422 g/mol. The molecule has 0 aliphatic carbocycles. The first-order chi connectivity index (χ1) is 14.5. The minimum Gasteiger partial charge on any atom is -0.398 e. The van der Waals surface area contributed by atoms with E-state index < -0.39 is 0 Å². The van der Waals surface area contributed by atoms with Crippen molar-refractivity contribution in [1.29, 1.82) is 5.26 Å². The van der Waals surface area contributed by atoms with Crippen molar-refractivity contribution in [2.75, 3.05) is 36.8 Å². The number of aromatic nitrogens is 2. The van der Waals surface area contributed by atoms with Crippen LogP contribution >= 0.6 is 11.6 Å². The molecule has 4 rings (SSSR count). The number of nitrogens with two attached hydrogens (primary N) is 1. The Kier molecular flexibility index (Phi) is 5.86. The van der Waals surface area contributed by atoms with Crippen LogP contribution in [0.2, 0.25) is 5.02 Å². The number of nitriles is 1. The fourth-order valence-corrected chi connectivity index (χ4v) is 4.02. The molecule has 1 aromatic heterocycles. The topological polar surface area (TPSA) is 94.4 Å². The molecule has 2 N–H and O–H groups in total. The molecular formula is C22H24ClN7. The van der Waals surface area contributed by atoms with Crippen molar-refractivity contribution in [2.24, 2.45) is 10.9 Å². The molecule has 2 saturated heterocycles. The predicted octanol–water partition coefficient (Wildman–Crippen LogP) is 3.44. The molecule has 2 aliphatic heterocycles. The summed E-state index contributed by atoms with van der Waals surface area (Å²) in [4.78, 5) is 18.1. The summed E-state index contributed by atoms with van der Waals surface area (Å²) in [7, 11) is 0. The molecule has 7 nitrogen and oxygen atoms in total. The number of hydrogen-bond acceptors (Lipinski definition) is 7. The van der Waals surface area contributed by atoms with E-state index in [9.17, 15) is 0 Å². The molecule has 0 atom stereocenters. The highest BCUT2D eigenvalue weighted by Gasteiger charge is 2.34. The number of nitrogens with zero attached hydrogens (tertiary/aromatic N) is 6. The van der Waals surface area contributed by atoms with Gasteiger partial charge >= 0.3 is 0 Å². The van der Waals surface area contributed by atoms with Gasteiger partial charge in [0.2, 0.25) is 0 Å². The van der Waals surface area contributed by atoms with Crippen LogP contribution in [-0.2, 0) is 0 Å². The molecule has 3 heterocycles. The van der Waals surface area contributed by atoms with Gasteiger partial charge in [0.15, 0.2) is 5.82 Å². The Hall–Kier alpha value is -3.11. The molecule has 2 aromatic rings. The van der Waals surface area contributed by atoms with Gasteiger partial charge in [-0.3, -0.25) is 4.98 Å². The quantitative estimate of drug-likeness (QED) is 0.587. The summed E-state index contributed by atoms with van der Waals surface area (Å²) in [5.74, 6) is 2.06. The summed E-state index contributed by atoms with van der Waals surface area (Å²) in [5.41, 5.74) is 8.39. The van der Waals surface area contributed by atoms with Crippen LogP contribution in [0.15, 0.2) is 48.0 Å². The third kappa shape index (κ3) is 4.24. The Balaban J connectivity index is 1.39. The molecule has 8 heteroatoms. The molecule has 0 radical (unpaired) electrons. The van der Waals surface area contributed by atoms with Crippen molar-refractivity contribution in [2.45, 2.75) is 18.8 Å². The first-order valence-electron chi connectivity index (χ1n) is 10.0. The van der Waals surface area contributed by atoms with E-state index in [1.165, 1.54) is 0 Å². The highest BCUT2D eigenvalue weighted by Crippen LogP contribution is 2.34. The van der Waals surface area contributed by atoms with E-state index in [0.29, 0.717) is 16.5 Å². The summed E-state index contributed by atoms with van der Waals surface area (Å²) < 4.78 is 0. The lowest BCUT2D eigenvalue weighted by Crippen LogP contribution is -2.45. The van der Waals surface area contributed by atoms with Crippen LogP contribution in [0.3, 0.4) is 0 Å². The van der Waals surface area contributed by atoms with Crippen LogP contribution in [0.5, 0.6) is 0 Å². The van der Waals surface area contributed by atoms with Gasteiger partial charge in [0, 0.05) is 72.9 Å². The summed E-state index contributed by atoms with van der Waals surface area (Å²) in [6.45, 7) is 7.36. The molecule has 0 saturated carbocycles. The lowest BCUT2D eigenvalue weighted by molar-refractivity contribution is 0.195. The van der Waals surface area contributed by atoms with Crippen LogP contribution in [0, 0.1) is 17.2 Å². The number of halogens is 1. The molecular weight excluding hydrogens is 398 g/mol. The fraction of sp³-hybridized carbons (Fsp3) is 0.364. The van der Waals surface area contributed by atoms with Gasteiger partial charge in [0.05, 0.1) is 11.8 Å². The van der Waals surface area contributed by atoms with Crippen molar-refractivity contribution >= 4 is 29.3 Å². The maximum Gasteiger partial charge on any atom is 0.150 e. The number of rotatable bonds is 5. The summed E-state index contributed by atoms with van der Waals surface area (Å²) in [6, 6.07) is 7.68. The Morgan fingerprint density at radius 3 is 2.73 bits per heavy atom. The van der Waals surface area contributed by atoms with E-state index in [4.69, 9.17) is 22.6 Å². The number of anilines is 2. The zero-order chi connectivity index (χ0) is 21.1. The van der Waals surface area contributed by atoms with Crippen LogP contribution < -0.4 is 10.6 Å². The monoisotopic (exact) mass is 421 g/mol. The second kappa shape index (κ2) is 8.72. The fourth-order valence-electron chi connectivity index (χ4n) is 3.84. The van der Waals surface area contributed by atoms with Gasteiger partial charge < -0.3 is 15.5 Å². The van der Waals surface area contributed by atoms with Crippen molar-refractivity contribution in [3.05, 3.63) is 59.3 Å². The van der Waals surface area contributed by atoms with E-state index in [1.54, 1.807) is 36.8 Å². The number of hydrogen-bond donors (Lipinski definition) is 1. The zero-order valence-electron chi connectivity index (χ0n) is 16.7. The molecule has 0 spiro atoms. The lowest BCUT2D eigenvalue weighted by atomic mass is 9.94. The standard InChI is InChI=1S/C22H24ClN7/c1-15(28-12-17-10-19(23)2-3-20(17)25)30-13-18(14-30)21-22(27-7-6-26-21)29-8-4-16(11-24)5-9-29/h2-3,6-7,10,12,16,18H,1,4-5,8-9,13-14,25H2/b28-12-. The number of benzene rings is 1. The molecule has 0 amide bonds. The number of piperidine rings is 1. The first-order valence-corrected chi connectivity index (χ1v) is 10.4. The van der Waals surface area contributed by atoms with Crippen LogP contribution in [-0.4, -0.2) is 47.3 Å². The molecule has 30 heavy (non-hydrogen) atoms. The Labute approximate surface area is 181 Å². The van der Waals surface area contributed by atoms with E-state index in [0.717, 1.165) is 56.1 Å². The maximum absolute atomic E-state index is 9.13. The first kappa shape index (κ1) is 20.2. The summed E-state index contributed by atoms with van der Waals surface area (Å²) >= 11 is 6.03. The SMILES string of the molecule is C=C(/N=C\c1cc(Cl)ccc1N)N1CC(c2nccnc2N2CCC(C#N)CC2)C1. The largest absolute Gasteiger partial charge is 0.398 e. The molecule has 2 fully saturated rings. The zero-order valence-corrected chi connectivity index (χ0v) is 17.5. The number of nitrogen functional groups attached to an aromatic ring is 1. The molecule has 0 unspecified atom stereocenters. The van der Waals surface area contributed by atoms with Crippen LogP contribution in [0.4, 0.5) is 11.5 Å². The molecule has 2 aliphatic rings. The second-order valence-corrected chi connectivity index (χ2v) is 8.14. The van der Waals surface area contributed by atoms with Gasteiger partial charge in [-0.15, -0.1) is 0 Å². The molecule has 0 bridgehead atoms. The van der Waals surface area contributed by atoms with Gasteiger partial charge in [-0.1, -0.05) is 18.2 Å². The Morgan fingerprint density at radius 2 is 2.00 bits per heavy atom. The number of likely N-dealkylation sites (tertiary alicyclic amines) is 1. The van der Waals surface area contributed by atoms with E-state index in [1.807, 2.05) is 0 Å². The number of aliphatic imine (C=N–C) groups is 1. The van der Waals surface area contributed by atoms with Crippen molar-refractivity contribution in [1.82, 2.24) is 14.9 Å². The van der Waals surface area contributed by atoms with E-state index in [2.05, 4.69) is 37.4 Å². The Morgan fingerprint density at radius 1 is 1.27 bits per heavy atom. The second-order valence-electron chi connectivity index (χ2n) is 7.71. The normalized spacial score (nSPS) is 17.7. The lowest BCUT2D eigenvalue weighted by Gasteiger charge is -2.41. The predicted molar refractivity (Wildman–Crippen MR) is 119 cm³/mol. The van der Waals surface area contributed by atoms with Crippen molar-refractivity contribution in [3.8, 4) is 6.07 Å². The van der Waals surface area contributed by atoms with Gasteiger partial charge in [-0.05, 0) is 31.0 Å². The Bertz CT molecular complexity index is 999. The van der Waals surface area contributed by atoms with Gasteiger partial charge in [-0.2, -0.15) is 5.26 Å². The van der Waals surface area contributed by atoms with Gasteiger partial charge in [0.1, 0.15) is 5.82 Å². The smallest absolute Gasteiger partial charge is 0.150 e. The van der Waals surface area contributed by atoms with Crippen molar-refractivity contribution in [3.63, 3.8) is 0 Å². The average Bonchev–Trinajstić information content (AvgIpc) is 2.74. The van der Waals surface area contributed by atoms with Gasteiger partial charge in [-0.25, -0.2) is 9.98 Å². The third-order valence-corrected chi connectivity index (χ3v) is 5.95. The highest BCUT2D eigenvalue weighted by molar-refractivity contribution is 6.31. The minimum absolute atomic E-state index is 0.148. The summed E-state index contributed by atoms with van der Waals surface area (Å²) in [5, 5.41) is 9.75. The summed E-state index contributed by atoms with van der Waals surface area (Å²) in [6.07, 6.45) is 6.94. The third-order valence-electron chi connectivity index (χ3n) is 5.72. The van der Waals surface area contributed by atoms with Crippen molar-refractivity contribution < 1.29 is 0 Å². The van der Waals surface area contributed by atoms with Gasteiger partial charge in [0.25, 0.3) is 0 Å².